The first-order valence-corrected chi connectivity index (χ1v) is 5.83. The summed E-state index contributed by atoms with van der Waals surface area (Å²) in [6.07, 6.45) is 1.16. The molecule has 102 valence electrons. The van der Waals surface area contributed by atoms with Crippen molar-refractivity contribution in [2.24, 2.45) is 0 Å². The van der Waals surface area contributed by atoms with Crippen molar-refractivity contribution in [3.63, 3.8) is 0 Å². The SMILES string of the molecule is O=c1[nH]nc(N[C@H]2CNCC(F)(F)C2)n2nccc12. The molecule has 0 spiro atoms. The maximum atomic E-state index is 13.3. The topological polar surface area (TPSA) is 87.1 Å². The number of fused-ring (bicyclic) bond motifs is 1. The Kier molecular flexibility index (Phi) is 2.70. The Morgan fingerprint density at radius 3 is 3.16 bits per heavy atom. The summed E-state index contributed by atoms with van der Waals surface area (Å²) in [7, 11) is 0. The number of piperidine rings is 1. The Hall–Kier alpha value is -2.03. The van der Waals surface area contributed by atoms with Crippen molar-refractivity contribution in [3.8, 4) is 0 Å². The van der Waals surface area contributed by atoms with E-state index in [1.54, 1.807) is 0 Å². The van der Waals surface area contributed by atoms with Gasteiger partial charge in [0.2, 0.25) is 5.95 Å². The lowest BCUT2D eigenvalue weighted by Crippen LogP contribution is -2.49. The predicted octanol–water partition coefficient (Wildman–Crippen LogP) is -0.173. The maximum absolute atomic E-state index is 13.3. The fourth-order valence-corrected chi connectivity index (χ4v) is 2.16. The third-order valence-electron chi connectivity index (χ3n) is 2.99. The van der Waals surface area contributed by atoms with E-state index in [2.05, 4.69) is 25.9 Å². The number of nitrogens with one attached hydrogen (secondary N) is 3. The molecule has 1 fully saturated rings. The summed E-state index contributed by atoms with van der Waals surface area (Å²) < 4.78 is 27.8. The van der Waals surface area contributed by atoms with Gasteiger partial charge in [0.1, 0.15) is 5.52 Å². The van der Waals surface area contributed by atoms with Crippen molar-refractivity contribution in [3.05, 3.63) is 22.6 Å². The summed E-state index contributed by atoms with van der Waals surface area (Å²) in [5.74, 6) is -2.51. The minimum absolute atomic E-state index is 0.240. The van der Waals surface area contributed by atoms with Crippen molar-refractivity contribution in [2.75, 3.05) is 18.4 Å². The molecule has 0 aromatic carbocycles. The number of aromatic nitrogens is 4. The normalized spacial score (nSPS) is 22.5. The van der Waals surface area contributed by atoms with Crippen molar-refractivity contribution in [1.29, 1.82) is 0 Å². The maximum Gasteiger partial charge on any atom is 0.290 e. The van der Waals surface area contributed by atoms with Crippen LogP contribution in [0, 0.1) is 0 Å². The first-order valence-electron chi connectivity index (χ1n) is 5.83. The molecular formula is C10H12F2N6O. The molecule has 9 heteroatoms. The molecule has 0 bridgehead atoms. The van der Waals surface area contributed by atoms with Gasteiger partial charge in [-0.05, 0) is 6.07 Å². The summed E-state index contributed by atoms with van der Waals surface area (Å²) in [5.41, 5.74) is -0.0665. The number of aromatic amines is 1. The highest BCUT2D eigenvalue weighted by atomic mass is 19.3. The van der Waals surface area contributed by atoms with Crippen molar-refractivity contribution in [2.45, 2.75) is 18.4 Å². The van der Waals surface area contributed by atoms with Crippen LogP contribution in [0.2, 0.25) is 0 Å². The third-order valence-corrected chi connectivity index (χ3v) is 2.99. The monoisotopic (exact) mass is 270 g/mol. The second-order valence-electron chi connectivity index (χ2n) is 4.54. The minimum atomic E-state index is -2.75. The average molecular weight is 270 g/mol. The van der Waals surface area contributed by atoms with Gasteiger partial charge in [0.05, 0.1) is 12.7 Å². The van der Waals surface area contributed by atoms with Crippen LogP contribution in [-0.4, -0.2) is 44.9 Å². The summed E-state index contributed by atoms with van der Waals surface area (Å²) in [6, 6.07) is 1.05. The van der Waals surface area contributed by atoms with Crippen molar-refractivity contribution in [1.82, 2.24) is 25.1 Å². The number of nitrogens with zero attached hydrogens (tertiary/aromatic N) is 3. The summed E-state index contributed by atoms with van der Waals surface area (Å²) in [6.45, 7) is 0.0839. The Labute approximate surface area is 106 Å². The van der Waals surface area contributed by atoms with Gasteiger partial charge in [-0.2, -0.15) is 9.61 Å². The first kappa shape index (κ1) is 12.0. The summed E-state index contributed by atoms with van der Waals surface area (Å²) >= 11 is 0. The Bertz CT molecular complexity index is 651. The van der Waals surface area contributed by atoms with E-state index < -0.39 is 12.0 Å². The van der Waals surface area contributed by atoms with E-state index in [9.17, 15) is 13.6 Å². The highest BCUT2D eigenvalue weighted by Gasteiger charge is 2.36. The second-order valence-corrected chi connectivity index (χ2v) is 4.54. The zero-order chi connectivity index (χ0) is 13.5. The van der Waals surface area contributed by atoms with E-state index in [-0.39, 0.29) is 24.5 Å². The van der Waals surface area contributed by atoms with Crippen LogP contribution in [0.1, 0.15) is 6.42 Å². The molecule has 0 radical (unpaired) electrons. The lowest BCUT2D eigenvalue weighted by Gasteiger charge is -2.30. The molecule has 1 aliphatic rings. The average Bonchev–Trinajstić information content (AvgIpc) is 2.82. The van der Waals surface area contributed by atoms with Crippen molar-refractivity contribution < 1.29 is 8.78 Å². The van der Waals surface area contributed by atoms with E-state index in [1.165, 1.54) is 16.8 Å². The predicted molar refractivity (Wildman–Crippen MR) is 63.5 cm³/mol. The molecule has 1 aliphatic heterocycles. The first-order chi connectivity index (χ1) is 9.05. The molecule has 0 amide bonds. The van der Waals surface area contributed by atoms with E-state index in [1.807, 2.05) is 0 Å². The molecule has 3 rings (SSSR count). The van der Waals surface area contributed by atoms with Gasteiger partial charge in [-0.3, -0.25) is 4.79 Å². The van der Waals surface area contributed by atoms with E-state index in [0.29, 0.717) is 12.1 Å². The van der Waals surface area contributed by atoms with Gasteiger partial charge < -0.3 is 10.6 Å². The van der Waals surface area contributed by atoms with Gasteiger partial charge >= 0.3 is 0 Å². The third kappa shape index (κ3) is 2.28. The van der Waals surface area contributed by atoms with E-state index in [4.69, 9.17) is 0 Å². The zero-order valence-electron chi connectivity index (χ0n) is 9.86. The molecule has 1 atom stereocenters. The molecule has 1 saturated heterocycles. The van der Waals surface area contributed by atoms with Gasteiger partial charge in [0, 0.05) is 19.0 Å². The lowest BCUT2D eigenvalue weighted by molar-refractivity contribution is -0.0245. The highest BCUT2D eigenvalue weighted by Crippen LogP contribution is 2.23. The molecule has 19 heavy (non-hydrogen) atoms. The number of anilines is 1. The molecular weight excluding hydrogens is 258 g/mol. The Balaban J connectivity index is 1.87. The number of alkyl halides is 2. The molecule has 0 unspecified atom stereocenters. The number of hydrogen-bond donors (Lipinski definition) is 3. The van der Waals surface area contributed by atoms with Gasteiger partial charge in [0.25, 0.3) is 11.5 Å². The van der Waals surface area contributed by atoms with E-state index in [0.717, 1.165) is 0 Å². The van der Waals surface area contributed by atoms with Crippen molar-refractivity contribution >= 4 is 11.5 Å². The number of rotatable bonds is 2. The van der Waals surface area contributed by atoms with Crippen LogP contribution < -0.4 is 16.2 Å². The standard InChI is InChI=1S/C10H12F2N6O/c11-10(12)3-6(4-13-5-10)15-9-17-16-8(19)7-1-2-14-18(7)9/h1-2,6,13H,3-5H2,(H,15,17)(H,16,19)/t6-/m1/s1. The van der Waals surface area contributed by atoms with Crippen LogP contribution in [-0.2, 0) is 0 Å². The second kappa shape index (κ2) is 4.26. The van der Waals surface area contributed by atoms with Gasteiger partial charge in [0.15, 0.2) is 0 Å². The Morgan fingerprint density at radius 2 is 2.37 bits per heavy atom. The van der Waals surface area contributed by atoms with Crippen LogP contribution >= 0.6 is 0 Å². The molecule has 0 aliphatic carbocycles. The summed E-state index contributed by atoms with van der Waals surface area (Å²) in [5, 5.41) is 15.6. The van der Waals surface area contributed by atoms with Crippen LogP contribution in [0.15, 0.2) is 17.1 Å². The van der Waals surface area contributed by atoms with Gasteiger partial charge in [-0.25, -0.2) is 13.9 Å². The lowest BCUT2D eigenvalue weighted by atomic mass is 10.0. The molecule has 3 heterocycles. The smallest absolute Gasteiger partial charge is 0.290 e. The van der Waals surface area contributed by atoms with Crippen LogP contribution in [0.3, 0.4) is 0 Å². The Morgan fingerprint density at radius 1 is 1.53 bits per heavy atom. The zero-order valence-corrected chi connectivity index (χ0v) is 9.86. The minimum Gasteiger partial charge on any atom is -0.349 e. The molecule has 2 aromatic rings. The fraction of sp³-hybridized carbons (Fsp3) is 0.500. The van der Waals surface area contributed by atoms with Crippen LogP contribution in [0.4, 0.5) is 14.7 Å². The van der Waals surface area contributed by atoms with Crippen LogP contribution in [0.25, 0.3) is 5.52 Å². The number of hydrogen-bond acceptors (Lipinski definition) is 5. The fourth-order valence-electron chi connectivity index (χ4n) is 2.16. The van der Waals surface area contributed by atoms with Crippen LogP contribution in [0.5, 0.6) is 0 Å². The molecule has 0 saturated carbocycles. The highest BCUT2D eigenvalue weighted by molar-refractivity contribution is 5.47. The quantitative estimate of drug-likeness (QED) is 0.705. The van der Waals surface area contributed by atoms with E-state index >= 15 is 0 Å². The number of halogens is 2. The molecule has 3 N–H and O–H groups in total. The molecule has 7 nitrogen and oxygen atoms in total. The summed E-state index contributed by atoms with van der Waals surface area (Å²) in [4.78, 5) is 11.4. The number of H-pyrrole nitrogens is 1. The largest absolute Gasteiger partial charge is 0.349 e. The van der Waals surface area contributed by atoms with Gasteiger partial charge in [-0.1, -0.05) is 0 Å². The molecule has 2 aromatic heterocycles. The van der Waals surface area contributed by atoms with Gasteiger partial charge in [-0.15, -0.1) is 5.10 Å².